The van der Waals surface area contributed by atoms with Crippen LogP contribution >= 0.6 is 12.4 Å². The first-order chi connectivity index (χ1) is 6.51. The lowest BCUT2D eigenvalue weighted by Crippen LogP contribution is -2.46. The number of nitrogens with two attached hydrogens (primary N) is 1. The van der Waals surface area contributed by atoms with Crippen LogP contribution in [0.3, 0.4) is 0 Å². The fraction of sp³-hybridized carbons (Fsp3) is 1.00. The first-order valence-corrected chi connectivity index (χ1v) is 4.62. The lowest BCUT2D eigenvalue weighted by atomic mass is 10.2. The summed E-state index contributed by atoms with van der Waals surface area (Å²) in [5.74, 6) is 0. The summed E-state index contributed by atoms with van der Waals surface area (Å²) in [7, 11) is 0. The molecular formula is C8H16ClF3N2O. The predicted molar refractivity (Wildman–Crippen MR) is 53.2 cm³/mol. The standard InChI is InChI=1S/C8H15F3N2O.ClH/c9-8(10,11)1-2-13-3-4-14-7(5-12)6-13;/h7H,1-6,12H2;1H. The Kier molecular flexibility index (Phi) is 6.51. The maximum Gasteiger partial charge on any atom is 0.390 e. The van der Waals surface area contributed by atoms with Gasteiger partial charge in [0.2, 0.25) is 0 Å². The van der Waals surface area contributed by atoms with Gasteiger partial charge < -0.3 is 10.5 Å². The molecule has 1 unspecified atom stereocenters. The molecule has 1 fully saturated rings. The van der Waals surface area contributed by atoms with Crippen molar-refractivity contribution in [1.82, 2.24) is 4.90 Å². The van der Waals surface area contributed by atoms with Crippen LogP contribution in [0.4, 0.5) is 13.2 Å². The van der Waals surface area contributed by atoms with Crippen LogP contribution in [0.5, 0.6) is 0 Å². The second-order valence-electron chi connectivity index (χ2n) is 3.39. The highest BCUT2D eigenvalue weighted by Gasteiger charge is 2.29. The Balaban J connectivity index is 0.00000196. The van der Waals surface area contributed by atoms with E-state index in [1.54, 1.807) is 4.90 Å². The van der Waals surface area contributed by atoms with Crippen LogP contribution in [0.15, 0.2) is 0 Å². The minimum atomic E-state index is -4.07. The smallest absolute Gasteiger partial charge is 0.374 e. The van der Waals surface area contributed by atoms with E-state index < -0.39 is 12.6 Å². The molecule has 0 aromatic rings. The quantitative estimate of drug-likeness (QED) is 0.811. The maximum absolute atomic E-state index is 11.9. The summed E-state index contributed by atoms with van der Waals surface area (Å²) in [6, 6.07) is 0. The third-order valence-corrected chi connectivity index (χ3v) is 2.20. The summed E-state index contributed by atoms with van der Waals surface area (Å²) in [4.78, 5) is 1.74. The highest BCUT2D eigenvalue weighted by Crippen LogP contribution is 2.20. The van der Waals surface area contributed by atoms with E-state index in [0.717, 1.165) is 0 Å². The first-order valence-electron chi connectivity index (χ1n) is 4.62. The Morgan fingerprint density at radius 3 is 2.60 bits per heavy atom. The molecule has 0 saturated carbocycles. The molecule has 1 aliphatic heterocycles. The van der Waals surface area contributed by atoms with Gasteiger partial charge in [0.25, 0.3) is 0 Å². The van der Waals surface area contributed by atoms with Crippen LogP contribution in [0.2, 0.25) is 0 Å². The van der Waals surface area contributed by atoms with Gasteiger partial charge in [0.05, 0.1) is 19.1 Å². The van der Waals surface area contributed by atoms with E-state index >= 15 is 0 Å². The molecule has 0 aliphatic carbocycles. The molecule has 0 aromatic heterocycles. The van der Waals surface area contributed by atoms with Crippen molar-refractivity contribution >= 4 is 12.4 Å². The Hall–Kier alpha value is -0.0400. The number of halogens is 4. The highest BCUT2D eigenvalue weighted by molar-refractivity contribution is 5.85. The first kappa shape index (κ1) is 15.0. The Morgan fingerprint density at radius 1 is 1.40 bits per heavy atom. The molecular weight excluding hydrogens is 233 g/mol. The molecule has 3 nitrogen and oxygen atoms in total. The molecule has 15 heavy (non-hydrogen) atoms. The lowest BCUT2D eigenvalue weighted by Gasteiger charge is -2.32. The number of morpholine rings is 1. The highest BCUT2D eigenvalue weighted by atomic mass is 35.5. The fourth-order valence-electron chi connectivity index (χ4n) is 1.41. The molecule has 92 valence electrons. The predicted octanol–water partition coefficient (Wildman–Crippen LogP) is 1.02. The number of hydrogen-bond acceptors (Lipinski definition) is 3. The van der Waals surface area contributed by atoms with Crippen LogP contribution in [0.25, 0.3) is 0 Å². The third kappa shape index (κ3) is 6.19. The summed E-state index contributed by atoms with van der Waals surface area (Å²) >= 11 is 0. The largest absolute Gasteiger partial charge is 0.390 e. The summed E-state index contributed by atoms with van der Waals surface area (Å²) in [6.07, 6.45) is -4.95. The number of alkyl halides is 3. The maximum atomic E-state index is 11.9. The zero-order valence-electron chi connectivity index (χ0n) is 8.29. The molecule has 0 amide bonds. The summed E-state index contributed by atoms with van der Waals surface area (Å²) in [5.41, 5.74) is 5.37. The molecule has 0 aromatic carbocycles. The minimum Gasteiger partial charge on any atom is -0.374 e. The van der Waals surface area contributed by atoms with E-state index in [1.165, 1.54) is 0 Å². The SMILES string of the molecule is Cl.NCC1CN(CCC(F)(F)F)CCO1. The lowest BCUT2D eigenvalue weighted by molar-refractivity contribution is -0.141. The van der Waals surface area contributed by atoms with Gasteiger partial charge in [0.1, 0.15) is 0 Å². The van der Waals surface area contributed by atoms with Gasteiger partial charge in [-0.3, -0.25) is 4.90 Å². The van der Waals surface area contributed by atoms with Gasteiger partial charge >= 0.3 is 6.18 Å². The van der Waals surface area contributed by atoms with Crippen molar-refractivity contribution in [3.8, 4) is 0 Å². The molecule has 1 rings (SSSR count). The monoisotopic (exact) mass is 248 g/mol. The van der Waals surface area contributed by atoms with E-state index in [4.69, 9.17) is 10.5 Å². The molecule has 7 heteroatoms. The van der Waals surface area contributed by atoms with Crippen molar-refractivity contribution in [3.05, 3.63) is 0 Å². The van der Waals surface area contributed by atoms with Gasteiger partial charge in [0, 0.05) is 26.2 Å². The van der Waals surface area contributed by atoms with Crippen molar-refractivity contribution in [2.75, 3.05) is 32.8 Å². The Bertz CT molecular complexity index is 180. The van der Waals surface area contributed by atoms with Crippen LogP contribution in [-0.2, 0) is 4.74 Å². The number of rotatable bonds is 3. The zero-order chi connectivity index (χ0) is 10.6. The van der Waals surface area contributed by atoms with E-state index in [1.807, 2.05) is 0 Å². The van der Waals surface area contributed by atoms with Gasteiger partial charge in [-0.1, -0.05) is 0 Å². The van der Waals surface area contributed by atoms with Gasteiger partial charge in [0.15, 0.2) is 0 Å². The molecule has 1 heterocycles. The normalized spacial score (nSPS) is 23.6. The van der Waals surface area contributed by atoms with Crippen LogP contribution in [-0.4, -0.2) is 50.0 Å². The second-order valence-corrected chi connectivity index (χ2v) is 3.39. The van der Waals surface area contributed by atoms with Crippen molar-refractivity contribution in [2.24, 2.45) is 5.73 Å². The summed E-state index contributed by atoms with van der Waals surface area (Å²) < 4.78 is 41.0. The third-order valence-electron chi connectivity index (χ3n) is 2.20. The van der Waals surface area contributed by atoms with Gasteiger partial charge in [-0.2, -0.15) is 13.2 Å². The topological polar surface area (TPSA) is 38.5 Å². The van der Waals surface area contributed by atoms with Gasteiger partial charge in [-0.15, -0.1) is 12.4 Å². The molecule has 0 spiro atoms. The summed E-state index contributed by atoms with van der Waals surface area (Å²) in [5, 5.41) is 0. The molecule has 1 saturated heterocycles. The van der Waals surface area contributed by atoms with Gasteiger partial charge in [-0.05, 0) is 0 Å². The second kappa shape index (κ2) is 6.52. The molecule has 1 aliphatic rings. The van der Waals surface area contributed by atoms with Crippen molar-refractivity contribution in [3.63, 3.8) is 0 Å². The van der Waals surface area contributed by atoms with Crippen molar-refractivity contribution < 1.29 is 17.9 Å². The van der Waals surface area contributed by atoms with Gasteiger partial charge in [-0.25, -0.2) is 0 Å². The Labute approximate surface area is 93.2 Å². The number of hydrogen-bond donors (Lipinski definition) is 1. The van der Waals surface area contributed by atoms with Crippen LogP contribution in [0, 0.1) is 0 Å². The zero-order valence-corrected chi connectivity index (χ0v) is 9.11. The van der Waals surface area contributed by atoms with E-state index in [0.29, 0.717) is 26.2 Å². The molecule has 0 radical (unpaired) electrons. The molecule has 0 bridgehead atoms. The average Bonchev–Trinajstić information content (AvgIpc) is 2.14. The minimum absolute atomic E-state index is 0. The fourth-order valence-corrected chi connectivity index (χ4v) is 1.41. The van der Waals surface area contributed by atoms with E-state index in [9.17, 15) is 13.2 Å². The van der Waals surface area contributed by atoms with Crippen LogP contribution in [0.1, 0.15) is 6.42 Å². The van der Waals surface area contributed by atoms with Crippen molar-refractivity contribution in [2.45, 2.75) is 18.7 Å². The molecule has 2 N–H and O–H groups in total. The molecule has 1 atom stereocenters. The summed E-state index contributed by atoms with van der Waals surface area (Å²) in [6.45, 7) is 1.95. The number of nitrogens with zero attached hydrogens (tertiary/aromatic N) is 1. The van der Waals surface area contributed by atoms with Crippen molar-refractivity contribution in [1.29, 1.82) is 0 Å². The average molecular weight is 249 g/mol. The van der Waals surface area contributed by atoms with Crippen LogP contribution < -0.4 is 5.73 Å². The number of ether oxygens (including phenoxy) is 1. The Morgan fingerprint density at radius 2 is 2.07 bits per heavy atom. The van der Waals surface area contributed by atoms with E-state index in [-0.39, 0.29) is 25.1 Å². The van der Waals surface area contributed by atoms with E-state index in [2.05, 4.69) is 0 Å².